The lowest BCUT2D eigenvalue weighted by Gasteiger charge is -2.10. The number of fused-ring (bicyclic) bond motifs is 1. The van der Waals surface area contributed by atoms with Crippen LogP contribution in [0.3, 0.4) is 0 Å². The second-order valence-corrected chi connectivity index (χ2v) is 12.2. The Morgan fingerprint density at radius 3 is 2.30 bits per heavy atom. The van der Waals surface area contributed by atoms with Crippen LogP contribution < -0.4 is 14.8 Å². The third kappa shape index (κ3) is 5.08. The minimum absolute atomic E-state index is 0.112. The molecular weight excluding hydrogens is 527 g/mol. The van der Waals surface area contributed by atoms with Crippen molar-refractivity contribution in [1.29, 1.82) is 0 Å². The number of sulfonamides is 1. The molecule has 7 nitrogen and oxygen atoms in total. The molecule has 0 fully saturated rings. The number of para-hydroxylation sites is 1. The first-order chi connectivity index (χ1) is 17.7. The summed E-state index contributed by atoms with van der Waals surface area (Å²) in [5.41, 5.74) is 3.70. The van der Waals surface area contributed by atoms with Crippen molar-refractivity contribution in [3.8, 4) is 16.3 Å². The van der Waals surface area contributed by atoms with Gasteiger partial charge in [0.1, 0.15) is 15.8 Å². The summed E-state index contributed by atoms with van der Waals surface area (Å²) in [6.07, 6.45) is 0. The van der Waals surface area contributed by atoms with E-state index in [1.807, 2.05) is 38.1 Å². The number of nitrogens with one attached hydrogen (secondary N) is 2. The highest BCUT2D eigenvalue weighted by molar-refractivity contribution is 7.92. The number of hydrogen-bond acceptors (Lipinski definition) is 7. The molecule has 0 unspecified atom stereocenters. The summed E-state index contributed by atoms with van der Waals surface area (Å²) in [4.78, 5) is 19.1. The molecule has 2 aromatic heterocycles. The van der Waals surface area contributed by atoms with E-state index in [0.717, 1.165) is 36.2 Å². The molecule has 0 spiro atoms. The van der Waals surface area contributed by atoms with Crippen LogP contribution in [-0.2, 0) is 10.0 Å². The zero-order valence-corrected chi connectivity index (χ0v) is 22.7. The normalized spacial score (nSPS) is 11.4. The summed E-state index contributed by atoms with van der Waals surface area (Å²) in [5.74, 6) is 0.282. The lowest BCUT2D eigenvalue weighted by molar-refractivity contribution is 0.102. The maximum Gasteiger partial charge on any atom is 0.261 e. The Hall–Kier alpha value is -3.73. The number of aromatic nitrogens is 1. The largest absolute Gasteiger partial charge is 0.497 e. The molecule has 37 heavy (non-hydrogen) atoms. The summed E-state index contributed by atoms with van der Waals surface area (Å²) in [7, 11) is -2.26. The van der Waals surface area contributed by atoms with Crippen molar-refractivity contribution in [3.63, 3.8) is 0 Å². The molecular formula is C27H23N3O4S3. The highest BCUT2D eigenvalue weighted by atomic mass is 32.2. The number of hydrogen-bond donors (Lipinski definition) is 2. The first kappa shape index (κ1) is 24.9. The minimum atomic E-state index is -3.78. The fraction of sp³-hybridized carbons (Fsp3) is 0.111. The minimum Gasteiger partial charge on any atom is -0.497 e. The van der Waals surface area contributed by atoms with Gasteiger partial charge in [0.05, 0.1) is 22.2 Å². The molecule has 2 N–H and O–H groups in total. The molecule has 2 heterocycles. The lowest BCUT2D eigenvalue weighted by Crippen LogP contribution is -2.14. The quantitative estimate of drug-likeness (QED) is 0.235. The third-order valence-electron chi connectivity index (χ3n) is 5.89. The zero-order valence-electron chi connectivity index (χ0n) is 20.2. The fourth-order valence-electron chi connectivity index (χ4n) is 3.79. The van der Waals surface area contributed by atoms with E-state index < -0.39 is 10.0 Å². The summed E-state index contributed by atoms with van der Waals surface area (Å²) in [6, 6.07) is 20.4. The van der Waals surface area contributed by atoms with Crippen molar-refractivity contribution in [2.75, 3.05) is 17.1 Å². The van der Waals surface area contributed by atoms with Crippen molar-refractivity contribution < 1.29 is 17.9 Å². The van der Waals surface area contributed by atoms with Crippen LogP contribution in [0, 0.1) is 13.8 Å². The molecule has 0 saturated heterocycles. The van der Waals surface area contributed by atoms with Crippen LogP contribution in [-0.4, -0.2) is 26.4 Å². The maximum absolute atomic E-state index is 13.1. The number of benzene rings is 3. The number of amides is 1. The molecule has 1 amide bonds. The number of carbonyl (C=O) groups is 1. The van der Waals surface area contributed by atoms with Crippen LogP contribution in [0.1, 0.15) is 20.8 Å². The maximum atomic E-state index is 13.1. The van der Waals surface area contributed by atoms with Gasteiger partial charge in [-0.2, -0.15) is 0 Å². The summed E-state index contributed by atoms with van der Waals surface area (Å²) >= 11 is 3.11. The number of ether oxygens (including phenoxy) is 1. The second kappa shape index (κ2) is 9.97. The van der Waals surface area contributed by atoms with E-state index in [2.05, 4.69) is 10.0 Å². The average molecular weight is 550 g/mol. The standard InChI is InChI=1S/C27H23N3O4S3/c1-16-17(2)35-27(24(16)26-28-22-6-4-5-7-23(22)36-26)29-25(31)18-8-10-19(11-9-18)30-37(32,33)21-14-12-20(34-3)13-15-21/h4-15,30H,1-3H3,(H,29,31). The van der Waals surface area contributed by atoms with Crippen molar-refractivity contribution >= 4 is 59.5 Å². The number of carbonyl (C=O) groups excluding carboxylic acids is 1. The molecule has 10 heteroatoms. The molecule has 5 rings (SSSR count). The fourth-order valence-corrected chi connectivity index (χ4v) is 7.04. The molecule has 0 aliphatic heterocycles. The first-order valence-corrected chi connectivity index (χ1v) is 14.4. The van der Waals surface area contributed by atoms with E-state index in [1.54, 1.807) is 47.7 Å². The number of nitrogens with zero attached hydrogens (tertiary/aromatic N) is 1. The van der Waals surface area contributed by atoms with E-state index in [1.165, 1.54) is 30.6 Å². The molecule has 5 aromatic rings. The topological polar surface area (TPSA) is 97.4 Å². The second-order valence-electron chi connectivity index (χ2n) is 8.29. The number of anilines is 2. The predicted octanol–water partition coefficient (Wildman–Crippen LogP) is 6.70. The lowest BCUT2D eigenvalue weighted by atomic mass is 10.1. The van der Waals surface area contributed by atoms with Gasteiger partial charge in [-0.1, -0.05) is 12.1 Å². The monoisotopic (exact) mass is 549 g/mol. The molecule has 0 radical (unpaired) electrons. The number of aryl methyl sites for hydroxylation is 1. The van der Waals surface area contributed by atoms with Crippen molar-refractivity contribution in [2.24, 2.45) is 0 Å². The van der Waals surface area contributed by atoms with Gasteiger partial charge in [-0.25, -0.2) is 13.4 Å². The van der Waals surface area contributed by atoms with E-state index in [9.17, 15) is 13.2 Å². The predicted molar refractivity (Wildman–Crippen MR) is 151 cm³/mol. The molecule has 0 aliphatic carbocycles. The Bertz CT molecular complexity index is 1670. The van der Waals surface area contributed by atoms with Crippen LogP contribution in [0.2, 0.25) is 0 Å². The van der Waals surface area contributed by atoms with Crippen LogP contribution in [0.5, 0.6) is 5.75 Å². The Morgan fingerprint density at radius 1 is 0.919 bits per heavy atom. The van der Waals surface area contributed by atoms with E-state index >= 15 is 0 Å². The van der Waals surface area contributed by atoms with Gasteiger partial charge in [-0.15, -0.1) is 22.7 Å². The Morgan fingerprint density at radius 2 is 1.62 bits per heavy atom. The van der Waals surface area contributed by atoms with Crippen molar-refractivity contribution in [2.45, 2.75) is 18.7 Å². The van der Waals surface area contributed by atoms with Crippen LogP contribution in [0.4, 0.5) is 10.7 Å². The van der Waals surface area contributed by atoms with Crippen LogP contribution in [0.25, 0.3) is 20.8 Å². The average Bonchev–Trinajstić information content (AvgIpc) is 3.44. The number of thiophene rings is 1. The van der Waals surface area contributed by atoms with Gasteiger partial charge in [0.2, 0.25) is 0 Å². The van der Waals surface area contributed by atoms with Gasteiger partial charge in [0, 0.05) is 21.7 Å². The first-order valence-electron chi connectivity index (χ1n) is 11.3. The summed E-state index contributed by atoms with van der Waals surface area (Å²) in [6.45, 7) is 4.06. The molecule has 0 saturated carbocycles. The van der Waals surface area contributed by atoms with Gasteiger partial charge in [0.15, 0.2) is 0 Å². The van der Waals surface area contributed by atoms with Gasteiger partial charge in [-0.05, 0) is 80.1 Å². The van der Waals surface area contributed by atoms with E-state index in [0.29, 0.717) is 17.0 Å². The molecule has 0 bridgehead atoms. The molecule has 3 aromatic carbocycles. The van der Waals surface area contributed by atoms with E-state index in [-0.39, 0.29) is 10.8 Å². The zero-order chi connectivity index (χ0) is 26.2. The molecule has 0 aliphatic rings. The highest BCUT2D eigenvalue weighted by Gasteiger charge is 2.21. The van der Waals surface area contributed by atoms with Crippen LogP contribution >= 0.6 is 22.7 Å². The summed E-state index contributed by atoms with van der Waals surface area (Å²) in [5, 5.41) is 4.63. The van der Waals surface area contributed by atoms with Crippen molar-refractivity contribution in [3.05, 3.63) is 88.8 Å². The molecule has 0 atom stereocenters. The molecule has 188 valence electrons. The Labute approximate surface area is 222 Å². The number of thiazole rings is 1. The van der Waals surface area contributed by atoms with Gasteiger partial charge in [0.25, 0.3) is 15.9 Å². The highest BCUT2D eigenvalue weighted by Crippen LogP contribution is 2.43. The number of rotatable bonds is 7. The summed E-state index contributed by atoms with van der Waals surface area (Å²) < 4.78 is 34.1. The van der Waals surface area contributed by atoms with Crippen LogP contribution in [0.15, 0.2) is 77.7 Å². The Kier molecular flexibility index (Phi) is 6.72. The third-order valence-corrected chi connectivity index (χ3v) is 9.46. The Balaban J connectivity index is 1.35. The smallest absolute Gasteiger partial charge is 0.261 e. The van der Waals surface area contributed by atoms with Gasteiger partial charge < -0.3 is 10.1 Å². The van der Waals surface area contributed by atoms with E-state index in [4.69, 9.17) is 9.72 Å². The van der Waals surface area contributed by atoms with Crippen molar-refractivity contribution in [1.82, 2.24) is 4.98 Å². The van der Waals surface area contributed by atoms with Gasteiger partial charge >= 0.3 is 0 Å². The SMILES string of the molecule is COc1ccc(S(=O)(=O)Nc2ccc(C(=O)Nc3sc(C)c(C)c3-c3nc4ccccc4s3)cc2)cc1. The van der Waals surface area contributed by atoms with Gasteiger partial charge in [-0.3, -0.25) is 9.52 Å². The number of methoxy groups -OCH3 is 1.